The second kappa shape index (κ2) is 8.55. The summed E-state index contributed by atoms with van der Waals surface area (Å²) in [7, 11) is 0. The van der Waals surface area contributed by atoms with Crippen molar-refractivity contribution >= 4 is 39.2 Å². The molecule has 1 fully saturated rings. The molecule has 2 atom stereocenters. The molecule has 4 rings (SSSR count). The number of carbonyl (C=O) groups is 1. The minimum atomic E-state index is -0.311. The van der Waals surface area contributed by atoms with Gasteiger partial charge in [-0.25, -0.2) is 4.98 Å². The first-order valence-electron chi connectivity index (χ1n) is 10.2. The van der Waals surface area contributed by atoms with Crippen LogP contribution in [0.4, 0.5) is 0 Å². The summed E-state index contributed by atoms with van der Waals surface area (Å²) in [5.41, 5.74) is 1.24. The lowest BCUT2D eigenvalue weighted by atomic mass is 9.97. The number of ether oxygens (including phenoxy) is 1. The molecule has 8 heteroatoms. The van der Waals surface area contributed by atoms with Gasteiger partial charge in [-0.2, -0.15) is 0 Å². The Morgan fingerprint density at radius 1 is 1.39 bits per heavy atom. The maximum atomic E-state index is 13.5. The summed E-state index contributed by atoms with van der Waals surface area (Å²) in [6.07, 6.45) is 6.36. The van der Waals surface area contributed by atoms with Crippen LogP contribution in [0.15, 0.2) is 9.95 Å². The summed E-state index contributed by atoms with van der Waals surface area (Å²) >= 11 is 3.02. The van der Waals surface area contributed by atoms with E-state index >= 15 is 0 Å². The third-order valence-electron chi connectivity index (χ3n) is 5.45. The van der Waals surface area contributed by atoms with E-state index in [1.165, 1.54) is 28.6 Å². The van der Waals surface area contributed by atoms with E-state index in [0.29, 0.717) is 18.2 Å². The van der Waals surface area contributed by atoms with Gasteiger partial charge < -0.3 is 10.1 Å². The Bertz CT molecular complexity index is 931. The molecule has 0 spiro atoms. The highest BCUT2D eigenvalue weighted by molar-refractivity contribution is 8.00. The van der Waals surface area contributed by atoms with E-state index in [1.54, 1.807) is 15.9 Å². The van der Waals surface area contributed by atoms with Gasteiger partial charge in [-0.05, 0) is 57.9 Å². The molecule has 1 aliphatic heterocycles. The predicted molar refractivity (Wildman–Crippen MR) is 113 cm³/mol. The molecule has 152 valence electrons. The number of hydrogen-bond acceptors (Lipinski definition) is 6. The number of amides is 1. The van der Waals surface area contributed by atoms with Crippen molar-refractivity contribution in [1.29, 1.82) is 0 Å². The zero-order chi connectivity index (χ0) is 19.7. The summed E-state index contributed by atoms with van der Waals surface area (Å²) < 4.78 is 7.55. The summed E-state index contributed by atoms with van der Waals surface area (Å²) in [4.78, 5) is 32.8. The summed E-state index contributed by atoms with van der Waals surface area (Å²) in [6.45, 7) is 5.62. The van der Waals surface area contributed by atoms with E-state index in [2.05, 4.69) is 5.32 Å². The Kier molecular flexibility index (Phi) is 6.08. The van der Waals surface area contributed by atoms with Crippen LogP contribution >= 0.6 is 23.1 Å². The van der Waals surface area contributed by atoms with Gasteiger partial charge in [0.1, 0.15) is 4.83 Å². The van der Waals surface area contributed by atoms with Crippen molar-refractivity contribution in [2.24, 2.45) is 0 Å². The molecule has 28 heavy (non-hydrogen) atoms. The Hall–Kier alpha value is -1.38. The van der Waals surface area contributed by atoms with Crippen LogP contribution in [0.25, 0.3) is 10.2 Å². The maximum Gasteiger partial charge on any atom is 0.263 e. The number of hydrogen-bond donors (Lipinski definition) is 1. The molecule has 0 bridgehead atoms. The average Bonchev–Trinajstić information content (AvgIpc) is 3.32. The van der Waals surface area contributed by atoms with Gasteiger partial charge in [0.25, 0.3) is 5.56 Å². The molecule has 2 aliphatic rings. The highest BCUT2D eigenvalue weighted by Gasteiger charge is 2.26. The monoisotopic (exact) mass is 421 g/mol. The molecule has 3 heterocycles. The van der Waals surface area contributed by atoms with Crippen LogP contribution in [0, 0.1) is 0 Å². The maximum absolute atomic E-state index is 13.5. The lowest BCUT2D eigenvalue weighted by molar-refractivity contribution is -0.120. The van der Waals surface area contributed by atoms with Gasteiger partial charge in [-0.3, -0.25) is 14.2 Å². The molecule has 1 aliphatic carbocycles. The van der Waals surface area contributed by atoms with Crippen LogP contribution in [0.5, 0.6) is 0 Å². The quantitative estimate of drug-likeness (QED) is 0.573. The summed E-state index contributed by atoms with van der Waals surface area (Å²) in [5.74, 6) is -0.0315. The van der Waals surface area contributed by atoms with Gasteiger partial charge in [0.05, 0.1) is 23.3 Å². The van der Waals surface area contributed by atoms with E-state index < -0.39 is 0 Å². The number of thiophene rings is 1. The lowest BCUT2D eigenvalue weighted by Gasteiger charge is -2.18. The predicted octanol–water partition coefficient (Wildman–Crippen LogP) is 3.13. The van der Waals surface area contributed by atoms with Gasteiger partial charge in [0.15, 0.2) is 5.16 Å². The topological polar surface area (TPSA) is 73.2 Å². The van der Waals surface area contributed by atoms with Gasteiger partial charge >= 0.3 is 0 Å². The van der Waals surface area contributed by atoms with Crippen molar-refractivity contribution in [2.45, 2.75) is 75.4 Å². The fourth-order valence-corrected chi connectivity index (χ4v) is 6.24. The number of nitrogens with zero attached hydrogens (tertiary/aromatic N) is 2. The fraction of sp³-hybridized carbons (Fsp3) is 0.650. The molecule has 1 amide bonds. The van der Waals surface area contributed by atoms with Crippen LogP contribution in [0.2, 0.25) is 0 Å². The van der Waals surface area contributed by atoms with Crippen LogP contribution in [-0.4, -0.2) is 40.0 Å². The zero-order valence-electron chi connectivity index (χ0n) is 16.5. The van der Waals surface area contributed by atoms with Crippen molar-refractivity contribution in [2.75, 3.05) is 13.2 Å². The van der Waals surface area contributed by atoms with Crippen molar-refractivity contribution in [1.82, 2.24) is 14.9 Å². The number of aromatic nitrogens is 2. The summed E-state index contributed by atoms with van der Waals surface area (Å²) in [5, 5.41) is 3.97. The molecule has 0 saturated carbocycles. The van der Waals surface area contributed by atoms with E-state index in [4.69, 9.17) is 9.72 Å². The molecule has 1 N–H and O–H groups in total. The van der Waals surface area contributed by atoms with Gasteiger partial charge in [0.2, 0.25) is 5.91 Å². The number of fused-ring (bicyclic) bond motifs is 3. The molecular weight excluding hydrogens is 394 g/mol. The molecule has 0 aromatic carbocycles. The minimum absolute atomic E-state index is 0.0315. The van der Waals surface area contributed by atoms with Crippen LogP contribution in [0.1, 0.15) is 50.0 Å². The molecule has 1 saturated heterocycles. The van der Waals surface area contributed by atoms with E-state index in [1.807, 2.05) is 13.8 Å². The van der Waals surface area contributed by atoms with E-state index in [-0.39, 0.29) is 22.8 Å². The van der Waals surface area contributed by atoms with Crippen LogP contribution in [0.3, 0.4) is 0 Å². The molecule has 2 aromatic heterocycles. The highest BCUT2D eigenvalue weighted by Crippen LogP contribution is 2.35. The van der Waals surface area contributed by atoms with Crippen molar-refractivity contribution < 1.29 is 9.53 Å². The Balaban J connectivity index is 1.77. The molecule has 0 radical (unpaired) electrons. The third kappa shape index (κ3) is 3.86. The average molecular weight is 422 g/mol. The van der Waals surface area contributed by atoms with Crippen LogP contribution in [-0.2, 0) is 28.9 Å². The first-order valence-corrected chi connectivity index (χ1v) is 11.9. The Morgan fingerprint density at radius 3 is 2.96 bits per heavy atom. The molecule has 6 nitrogen and oxygen atoms in total. The molecular formula is C20H27N3O3S2. The number of carbonyl (C=O) groups excluding carboxylic acids is 1. The smallest absolute Gasteiger partial charge is 0.263 e. The highest BCUT2D eigenvalue weighted by atomic mass is 32.2. The third-order valence-corrected chi connectivity index (χ3v) is 7.73. The largest absolute Gasteiger partial charge is 0.376 e. The molecule has 2 aromatic rings. The number of nitrogens with one attached hydrogen (secondary N) is 1. The number of aryl methyl sites for hydroxylation is 2. The summed E-state index contributed by atoms with van der Waals surface area (Å²) in [6, 6.07) is 0. The van der Waals surface area contributed by atoms with Gasteiger partial charge in [-0.1, -0.05) is 11.8 Å². The normalized spacial score (nSPS) is 20.3. The van der Waals surface area contributed by atoms with Crippen LogP contribution < -0.4 is 10.9 Å². The first-order chi connectivity index (χ1) is 13.6. The van der Waals surface area contributed by atoms with Crippen molar-refractivity contribution in [3.05, 3.63) is 20.8 Å². The Morgan fingerprint density at radius 2 is 2.21 bits per heavy atom. The van der Waals surface area contributed by atoms with Crippen molar-refractivity contribution in [3.63, 3.8) is 0 Å². The molecule has 0 unspecified atom stereocenters. The van der Waals surface area contributed by atoms with E-state index in [9.17, 15) is 9.59 Å². The number of thioether (sulfide) groups is 1. The standard InChI is InChI=1S/C20H27N3O3S2/c1-3-21-17(24)12(2)27-20-22-18-16(14-8-4-5-9-15(14)28-18)19(25)23(20)11-13-7-6-10-26-13/h12-13H,3-11H2,1-2H3,(H,21,24)/t12-,13-/m0/s1. The second-order valence-corrected chi connectivity index (χ2v) is 9.88. The van der Waals surface area contributed by atoms with Gasteiger partial charge in [0, 0.05) is 18.0 Å². The second-order valence-electron chi connectivity index (χ2n) is 7.49. The minimum Gasteiger partial charge on any atom is -0.376 e. The first kappa shape index (κ1) is 19.9. The van der Waals surface area contributed by atoms with Gasteiger partial charge in [-0.15, -0.1) is 11.3 Å². The Labute approximate surface area is 173 Å². The number of rotatable bonds is 6. The zero-order valence-corrected chi connectivity index (χ0v) is 18.1. The van der Waals surface area contributed by atoms with Crippen molar-refractivity contribution in [3.8, 4) is 0 Å². The lowest BCUT2D eigenvalue weighted by Crippen LogP contribution is -2.33. The fourth-order valence-electron chi connectivity index (χ4n) is 3.99. The van der Waals surface area contributed by atoms with E-state index in [0.717, 1.165) is 48.9 Å². The SMILES string of the molecule is CCNC(=O)[C@H](C)Sc1nc2sc3c(c2c(=O)n1C[C@@H]1CCCO1)CCCC3.